The molecule has 23 heavy (non-hydrogen) atoms. The van der Waals surface area contributed by atoms with Crippen molar-refractivity contribution in [1.29, 1.82) is 0 Å². The van der Waals surface area contributed by atoms with Crippen LogP contribution >= 0.6 is 11.6 Å². The molecule has 0 saturated carbocycles. The van der Waals surface area contributed by atoms with Gasteiger partial charge in [-0.3, -0.25) is 4.72 Å². The summed E-state index contributed by atoms with van der Waals surface area (Å²) in [6, 6.07) is 9.70. The smallest absolute Gasteiger partial charge is 0.233 e. The number of sulfonamides is 1. The first-order valence-electron chi connectivity index (χ1n) is 6.78. The maximum atomic E-state index is 12.2. The van der Waals surface area contributed by atoms with E-state index in [-0.39, 0.29) is 17.9 Å². The Morgan fingerprint density at radius 2 is 1.91 bits per heavy atom. The van der Waals surface area contributed by atoms with Crippen LogP contribution < -0.4 is 20.9 Å². The molecule has 0 bridgehead atoms. The molecule has 0 saturated heterocycles. The summed E-state index contributed by atoms with van der Waals surface area (Å²) in [5, 5.41) is 0.529. The number of methoxy groups -OCH3 is 1. The number of hydrogen-bond acceptors (Lipinski definition) is 5. The standard InChI is InChI=1S/C15H18ClN3O3S/c1-22-15-8-11(16)3-2-10(15)6-7-23(20,21)19-14-5-4-12(17)9-13(14)18/h2-5,8-9,19H,6-7,17-18H2,1H3. The van der Waals surface area contributed by atoms with Crippen LogP contribution in [0, 0.1) is 0 Å². The first-order valence-corrected chi connectivity index (χ1v) is 8.81. The van der Waals surface area contributed by atoms with Crippen LogP contribution in [-0.4, -0.2) is 21.3 Å². The Bertz CT molecular complexity index is 810. The van der Waals surface area contributed by atoms with Gasteiger partial charge in [0.1, 0.15) is 5.75 Å². The lowest BCUT2D eigenvalue weighted by Gasteiger charge is -2.12. The van der Waals surface area contributed by atoms with Gasteiger partial charge in [0.2, 0.25) is 10.0 Å². The van der Waals surface area contributed by atoms with Crippen molar-refractivity contribution in [3.63, 3.8) is 0 Å². The average Bonchev–Trinajstić information content (AvgIpc) is 2.48. The van der Waals surface area contributed by atoms with Gasteiger partial charge in [0.25, 0.3) is 0 Å². The number of hydrogen-bond donors (Lipinski definition) is 3. The van der Waals surface area contributed by atoms with Crippen molar-refractivity contribution in [3.05, 3.63) is 47.0 Å². The number of benzene rings is 2. The predicted octanol–water partition coefficient (Wildman–Crippen LogP) is 2.50. The number of nitrogens with two attached hydrogens (primary N) is 2. The van der Waals surface area contributed by atoms with Gasteiger partial charge in [-0.2, -0.15) is 0 Å². The number of nitrogen functional groups attached to an aromatic ring is 2. The van der Waals surface area contributed by atoms with Gasteiger partial charge < -0.3 is 16.2 Å². The Balaban J connectivity index is 2.10. The van der Waals surface area contributed by atoms with E-state index in [0.29, 0.717) is 22.1 Å². The zero-order chi connectivity index (χ0) is 17.0. The third-order valence-electron chi connectivity index (χ3n) is 3.23. The summed E-state index contributed by atoms with van der Waals surface area (Å²) in [7, 11) is -2.05. The number of ether oxygens (including phenoxy) is 1. The Morgan fingerprint density at radius 1 is 1.17 bits per heavy atom. The zero-order valence-electron chi connectivity index (χ0n) is 12.5. The number of nitrogens with one attached hydrogen (secondary N) is 1. The number of aryl methyl sites for hydroxylation is 1. The minimum atomic E-state index is -3.56. The molecule has 0 aromatic heterocycles. The van der Waals surface area contributed by atoms with Crippen LogP contribution in [0.4, 0.5) is 17.1 Å². The van der Waals surface area contributed by atoms with E-state index in [1.165, 1.54) is 19.2 Å². The van der Waals surface area contributed by atoms with Crippen molar-refractivity contribution < 1.29 is 13.2 Å². The minimum Gasteiger partial charge on any atom is -0.496 e. The quantitative estimate of drug-likeness (QED) is 0.690. The van der Waals surface area contributed by atoms with Crippen LogP contribution in [0.3, 0.4) is 0 Å². The summed E-state index contributed by atoms with van der Waals surface area (Å²) < 4.78 is 32.1. The summed E-state index contributed by atoms with van der Waals surface area (Å²) in [4.78, 5) is 0. The summed E-state index contributed by atoms with van der Waals surface area (Å²) in [5.74, 6) is 0.439. The molecule has 124 valence electrons. The predicted molar refractivity (Wildman–Crippen MR) is 94.4 cm³/mol. The van der Waals surface area contributed by atoms with Gasteiger partial charge in [0.05, 0.1) is 24.2 Å². The van der Waals surface area contributed by atoms with Crippen molar-refractivity contribution in [1.82, 2.24) is 0 Å². The van der Waals surface area contributed by atoms with E-state index in [9.17, 15) is 8.42 Å². The first-order chi connectivity index (χ1) is 10.8. The fourth-order valence-corrected chi connectivity index (χ4v) is 3.34. The molecule has 0 aliphatic rings. The van der Waals surface area contributed by atoms with Crippen LogP contribution in [0.1, 0.15) is 5.56 Å². The molecule has 2 aromatic rings. The summed E-state index contributed by atoms with van der Waals surface area (Å²) in [6.07, 6.45) is 0.282. The van der Waals surface area contributed by atoms with Crippen LogP contribution in [0.25, 0.3) is 0 Å². The summed E-state index contributed by atoms with van der Waals surface area (Å²) in [5.41, 5.74) is 13.2. The zero-order valence-corrected chi connectivity index (χ0v) is 14.1. The van der Waals surface area contributed by atoms with Crippen LogP contribution in [0.15, 0.2) is 36.4 Å². The molecule has 0 aliphatic carbocycles. The molecule has 0 unspecified atom stereocenters. The first kappa shape index (κ1) is 17.2. The van der Waals surface area contributed by atoms with Crippen molar-refractivity contribution >= 4 is 38.7 Å². The molecular formula is C15H18ClN3O3S. The Kier molecular flexibility index (Phi) is 5.23. The van der Waals surface area contributed by atoms with Crippen LogP contribution in [0.2, 0.25) is 5.02 Å². The molecule has 0 fully saturated rings. The normalized spacial score (nSPS) is 11.2. The van der Waals surface area contributed by atoms with Crippen LogP contribution in [-0.2, 0) is 16.4 Å². The fourth-order valence-electron chi connectivity index (χ4n) is 2.06. The third-order valence-corrected chi connectivity index (χ3v) is 4.74. The molecular weight excluding hydrogens is 338 g/mol. The Labute approximate surface area is 140 Å². The number of halogens is 1. The van der Waals surface area contributed by atoms with Gasteiger partial charge in [-0.15, -0.1) is 0 Å². The van der Waals surface area contributed by atoms with E-state index in [1.54, 1.807) is 24.3 Å². The van der Waals surface area contributed by atoms with E-state index >= 15 is 0 Å². The van der Waals surface area contributed by atoms with Gasteiger partial charge in [0.15, 0.2) is 0 Å². The summed E-state index contributed by atoms with van der Waals surface area (Å²) >= 11 is 5.89. The molecule has 0 radical (unpaired) electrons. The Morgan fingerprint density at radius 3 is 2.57 bits per heavy atom. The topological polar surface area (TPSA) is 107 Å². The van der Waals surface area contributed by atoms with E-state index in [1.807, 2.05) is 0 Å². The molecule has 0 amide bonds. The average molecular weight is 356 g/mol. The molecule has 2 rings (SSSR count). The second-order valence-electron chi connectivity index (χ2n) is 4.97. The largest absolute Gasteiger partial charge is 0.496 e. The molecule has 0 heterocycles. The van der Waals surface area contributed by atoms with Crippen molar-refractivity contribution in [2.24, 2.45) is 0 Å². The monoisotopic (exact) mass is 355 g/mol. The highest BCUT2D eigenvalue weighted by Crippen LogP contribution is 2.25. The van der Waals surface area contributed by atoms with Crippen molar-refractivity contribution in [2.75, 3.05) is 29.1 Å². The van der Waals surface area contributed by atoms with Crippen molar-refractivity contribution in [3.8, 4) is 5.75 Å². The van der Waals surface area contributed by atoms with Gasteiger partial charge in [-0.05, 0) is 42.3 Å². The molecule has 8 heteroatoms. The number of anilines is 3. The maximum Gasteiger partial charge on any atom is 0.233 e. The van der Waals surface area contributed by atoms with E-state index in [2.05, 4.69) is 4.72 Å². The van der Waals surface area contributed by atoms with E-state index in [0.717, 1.165) is 5.56 Å². The lowest BCUT2D eigenvalue weighted by molar-refractivity contribution is 0.410. The molecule has 2 aromatic carbocycles. The van der Waals surface area contributed by atoms with Gasteiger partial charge in [-0.25, -0.2) is 8.42 Å². The maximum absolute atomic E-state index is 12.2. The highest BCUT2D eigenvalue weighted by Gasteiger charge is 2.14. The fraction of sp³-hybridized carbons (Fsp3) is 0.200. The highest BCUT2D eigenvalue weighted by atomic mass is 35.5. The van der Waals surface area contributed by atoms with E-state index < -0.39 is 10.0 Å². The number of rotatable bonds is 6. The van der Waals surface area contributed by atoms with Gasteiger partial charge >= 0.3 is 0 Å². The Hall–Kier alpha value is -2.12. The summed E-state index contributed by atoms with van der Waals surface area (Å²) in [6.45, 7) is 0. The molecule has 0 spiro atoms. The SMILES string of the molecule is COc1cc(Cl)ccc1CCS(=O)(=O)Nc1ccc(N)cc1N. The second kappa shape index (κ2) is 6.97. The second-order valence-corrected chi connectivity index (χ2v) is 7.25. The molecule has 0 aliphatic heterocycles. The van der Waals surface area contributed by atoms with Crippen LogP contribution in [0.5, 0.6) is 5.75 Å². The molecule has 0 atom stereocenters. The molecule has 5 N–H and O–H groups in total. The van der Waals surface area contributed by atoms with Gasteiger partial charge in [0, 0.05) is 10.7 Å². The minimum absolute atomic E-state index is 0.116. The van der Waals surface area contributed by atoms with Crippen molar-refractivity contribution in [2.45, 2.75) is 6.42 Å². The lowest BCUT2D eigenvalue weighted by atomic mass is 10.1. The molecule has 6 nitrogen and oxygen atoms in total. The van der Waals surface area contributed by atoms with Gasteiger partial charge in [-0.1, -0.05) is 17.7 Å². The van der Waals surface area contributed by atoms with E-state index in [4.69, 9.17) is 27.8 Å². The highest BCUT2D eigenvalue weighted by molar-refractivity contribution is 7.92. The lowest BCUT2D eigenvalue weighted by Crippen LogP contribution is -2.19. The third kappa shape index (κ3) is 4.67.